The summed E-state index contributed by atoms with van der Waals surface area (Å²) >= 11 is 0. The van der Waals surface area contributed by atoms with E-state index in [9.17, 15) is 13.5 Å². The number of sulfone groups is 1. The van der Waals surface area contributed by atoms with Crippen molar-refractivity contribution in [3.05, 3.63) is 65.7 Å². The van der Waals surface area contributed by atoms with E-state index in [0.29, 0.717) is 0 Å². The highest BCUT2D eigenvalue weighted by molar-refractivity contribution is 7.92. The van der Waals surface area contributed by atoms with Gasteiger partial charge in [-0.05, 0) is 24.6 Å². The fourth-order valence-corrected chi connectivity index (χ4v) is 5.41. The Morgan fingerprint density at radius 2 is 1.68 bits per heavy atom. The van der Waals surface area contributed by atoms with Crippen LogP contribution in [-0.4, -0.2) is 30.9 Å². The van der Waals surface area contributed by atoms with Crippen molar-refractivity contribution in [3.63, 3.8) is 0 Å². The van der Waals surface area contributed by atoms with Crippen molar-refractivity contribution in [2.75, 3.05) is 6.61 Å². The van der Waals surface area contributed by atoms with Gasteiger partial charge in [0.1, 0.15) is 0 Å². The van der Waals surface area contributed by atoms with Gasteiger partial charge in [-0.25, -0.2) is 8.42 Å². The number of aryl methyl sites for hydroxylation is 1. The molecule has 1 aliphatic carbocycles. The van der Waals surface area contributed by atoms with Crippen molar-refractivity contribution in [1.29, 1.82) is 0 Å². The van der Waals surface area contributed by atoms with E-state index in [1.807, 2.05) is 31.2 Å². The van der Waals surface area contributed by atoms with E-state index >= 15 is 0 Å². The molecule has 3 rings (SSSR count). The molecule has 0 unspecified atom stereocenters. The molecule has 3 atom stereocenters. The van der Waals surface area contributed by atoms with Gasteiger partial charge in [-0.1, -0.05) is 48.0 Å². The molecule has 0 heterocycles. The largest absolute Gasteiger partial charge is 0.394 e. The van der Waals surface area contributed by atoms with Gasteiger partial charge in [0, 0.05) is 5.92 Å². The number of aliphatic hydroxyl groups is 1. The van der Waals surface area contributed by atoms with Crippen molar-refractivity contribution in [1.82, 2.24) is 0 Å². The van der Waals surface area contributed by atoms with Crippen molar-refractivity contribution in [2.45, 2.75) is 28.5 Å². The highest BCUT2D eigenvalue weighted by atomic mass is 32.2. The number of hydrogen-bond acceptors (Lipinski definition) is 4. The van der Waals surface area contributed by atoms with Gasteiger partial charge in [-0.2, -0.15) is 0 Å². The maximum atomic E-state index is 12.8. The first-order chi connectivity index (χ1) is 10.4. The zero-order chi connectivity index (χ0) is 16.0. The van der Waals surface area contributed by atoms with Crippen LogP contribution in [0, 0.1) is 6.92 Å². The first-order valence-corrected chi connectivity index (χ1v) is 8.71. The van der Waals surface area contributed by atoms with E-state index in [0.717, 1.165) is 11.1 Å². The van der Waals surface area contributed by atoms with Crippen molar-refractivity contribution >= 4 is 9.84 Å². The second kappa shape index (κ2) is 5.19. The van der Waals surface area contributed by atoms with Crippen LogP contribution in [0.3, 0.4) is 0 Å². The Morgan fingerprint density at radius 1 is 1.09 bits per heavy atom. The lowest BCUT2D eigenvalue weighted by atomic mass is 10.1. The van der Waals surface area contributed by atoms with E-state index < -0.39 is 20.6 Å². The molecule has 5 heteroatoms. The van der Waals surface area contributed by atoms with Gasteiger partial charge in [0.15, 0.2) is 9.84 Å². The van der Waals surface area contributed by atoms with Crippen LogP contribution in [-0.2, 0) is 9.84 Å². The standard InChI is InChI=1S/C17H19NO3S/c1-12-7-9-13(10-8-12)15-16(17(15,18)11-19)22(20,21)14-5-3-2-4-6-14/h2-10,15-16,19H,11,18H2,1H3/t15-,16+,17+/m0/s1. The summed E-state index contributed by atoms with van der Waals surface area (Å²) < 4.78 is 25.7. The minimum atomic E-state index is -3.58. The van der Waals surface area contributed by atoms with E-state index in [-0.39, 0.29) is 17.4 Å². The van der Waals surface area contributed by atoms with Crippen molar-refractivity contribution in [2.24, 2.45) is 5.73 Å². The lowest BCUT2D eigenvalue weighted by Crippen LogP contribution is -2.35. The average molecular weight is 317 g/mol. The lowest BCUT2D eigenvalue weighted by molar-refractivity contribution is 0.253. The third-order valence-corrected chi connectivity index (χ3v) is 6.73. The molecule has 0 radical (unpaired) electrons. The summed E-state index contributed by atoms with van der Waals surface area (Å²) in [4.78, 5) is 0.248. The average Bonchev–Trinajstić information content (AvgIpc) is 3.17. The van der Waals surface area contributed by atoms with Gasteiger partial charge < -0.3 is 10.8 Å². The Morgan fingerprint density at radius 3 is 2.23 bits per heavy atom. The van der Waals surface area contributed by atoms with Crippen LogP contribution < -0.4 is 5.73 Å². The predicted molar refractivity (Wildman–Crippen MR) is 85.3 cm³/mol. The molecule has 2 aromatic rings. The number of benzene rings is 2. The molecule has 1 saturated carbocycles. The summed E-state index contributed by atoms with van der Waals surface area (Å²) in [5.74, 6) is -0.386. The van der Waals surface area contributed by atoms with Gasteiger partial charge in [-0.15, -0.1) is 0 Å². The van der Waals surface area contributed by atoms with Crippen molar-refractivity contribution in [3.8, 4) is 0 Å². The van der Waals surface area contributed by atoms with Crippen molar-refractivity contribution < 1.29 is 13.5 Å². The second-order valence-electron chi connectivity index (χ2n) is 5.94. The molecule has 0 amide bonds. The zero-order valence-electron chi connectivity index (χ0n) is 12.3. The maximum Gasteiger partial charge on any atom is 0.183 e. The molecule has 0 aromatic heterocycles. The van der Waals surface area contributed by atoms with Crippen LogP contribution in [0.2, 0.25) is 0 Å². The topological polar surface area (TPSA) is 80.4 Å². The summed E-state index contributed by atoms with van der Waals surface area (Å²) in [5, 5.41) is 8.85. The van der Waals surface area contributed by atoms with Gasteiger partial charge in [0.25, 0.3) is 0 Å². The molecular formula is C17H19NO3S. The molecule has 1 aliphatic rings. The Labute approximate surface area is 130 Å². The van der Waals surface area contributed by atoms with Gasteiger partial charge in [0.2, 0.25) is 0 Å². The summed E-state index contributed by atoms with van der Waals surface area (Å²) in [7, 11) is -3.58. The van der Waals surface area contributed by atoms with E-state index in [2.05, 4.69) is 0 Å². The number of rotatable bonds is 4. The Hall–Kier alpha value is -1.69. The Kier molecular flexibility index (Phi) is 3.59. The summed E-state index contributed by atoms with van der Waals surface area (Å²) in [6.07, 6.45) is 0. The van der Waals surface area contributed by atoms with E-state index in [4.69, 9.17) is 5.73 Å². The van der Waals surface area contributed by atoms with Crippen LogP contribution in [0.4, 0.5) is 0 Å². The van der Waals surface area contributed by atoms with Crippen LogP contribution in [0.1, 0.15) is 17.0 Å². The lowest BCUT2D eigenvalue weighted by Gasteiger charge is -2.08. The Bertz CT molecular complexity index is 771. The molecule has 22 heavy (non-hydrogen) atoms. The van der Waals surface area contributed by atoms with E-state index in [1.54, 1.807) is 30.3 Å². The molecule has 0 spiro atoms. The molecule has 0 saturated heterocycles. The minimum Gasteiger partial charge on any atom is -0.394 e. The molecule has 2 aromatic carbocycles. The zero-order valence-corrected chi connectivity index (χ0v) is 13.1. The van der Waals surface area contributed by atoms with Crippen LogP contribution in [0.5, 0.6) is 0 Å². The van der Waals surface area contributed by atoms with Gasteiger partial charge >= 0.3 is 0 Å². The predicted octanol–water partition coefficient (Wildman–Crippen LogP) is 1.62. The fraction of sp³-hybridized carbons (Fsp3) is 0.294. The highest BCUT2D eigenvalue weighted by Gasteiger charge is 2.68. The Balaban J connectivity index is 2.02. The number of hydrogen-bond donors (Lipinski definition) is 2. The van der Waals surface area contributed by atoms with Crippen LogP contribution >= 0.6 is 0 Å². The summed E-state index contributed by atoms with van der Waals surface area (Å²) in [6.45, 7) is 1.61. The van der Waals surface area contributed by atoms with Gasteiger partial charge in [-0.3, -0.25) is 0 Å². The molecule has 0 aliphatic heterocycles. The SMILES string of the molecule is Cc1ccc([C@H]2[C@@H](S(=O)(=O)c3ccccc3)[C@@]2(N)CO)cc1. The maximum absolute atomic E-state index is 12.8. The first-order valence-electron chi connectivity index (χ1n) is 7.16. The third kappa shape index (κ3) is 2.26. The molecule has 3 N–H and O–H groups in total. The molecule has 0 bridgehead atoms. The molecule has 1 fully saturated rings. The summed E-state index contributed by atoms with van der Waals surface area (Å²) in [6, 6.07) is 15.9. The monoisotopic (exact) mass is 317 g/mol. The normalized spacial score (nSPS) is 27.6. The number of aliphatic hydroxyl groups excluding tert-OH is 1. The van der Waals surface area contributed by atoms with E-state index in [1.165, 1.54) is 0 Å². The van der Waals surface area contributed by atoms with Crippen LogP contribution in [0.15, 0.2) is 59.5 Å². The summed E-state index contributed by atoms with van der Waals surface area (Å²) in [5.41, 5.74) is 7.03. The van der Waals surface area contributed by atoms with Gasteiger partial charge in [0.05, 0.1) is 22.3 Å². The fourth-order valence-electron chi connectivity index (χ4n) is 3.09. The minimum absolute atomic E-state index is 0.248. The second-order valence-corrected chi connectivity index (χ2v) is 8.01. The quantitative estimate of drug-likeness (QED) is 0.898. The number of nitrogens with two attached hydrogens (primary N) is 1. The molecule has 4 nitrogen and oxygen atoms in total. The highest BCUT2D eigenvalue weighted by Crippen LogP contribution is 2.55. The molecular weight excluding hydrogens is 298 g/mol. The smallest absolute Gasteiger partial charge is 0.183 e. The first kappa shape index (κ1) is 15.2. The third-order valence-electron chi connectivity index (χ3n) is 4.42. The van der Waals surface area contributed by atoms with Crippen LogP contribution in [0.25, 0.3) is 0 Å². The molecule has 116 valence electrons.